The second kappa shape index (κ2) is 14.8. The summed E-state index contributed by atoms with van der Waals surface area (Å²) in [5, 5.41) is 16.6. The van der Waals surface area contributed by atoms with Crippen LogP contribution in [-0.2, 0) is 33.5 Å². The number of anilines is 3. The lowest BCUT2D eigenvalue weighted by Gasteiger charge is -2.45. The van der Waals surface area contributed by atoms with Gasteiger partial charge in [-0.05, 0) is 92.5 Å². The van der Waals surface area contributed by atoms with E-state index in [0.717, 1.165) is 56.6 Å². The number of ether oxygens (including phenoxy) is 2. The van der Waals surface area contributed by atoms with Crippen LogP contribution in [0.1, 0.15) is 66.1 Å². The molecule has 14 heteroatoms. The number of nitrogens with zero attached hydrogens (tertiary/aromatic N) is 7. The summed E-state index contributed by atoms with van der Waals surface area (Å²) >= 11 is 0. The molecule has 5 aliphatic rings. The highest BCUT2D eigenvalue weighted by Gasteiger charge is 2.44. The van der Waals surface area contributed by atoms with E-state index in [1.165, 1.54) is 16.7 Å². The quantitative estimate of drug-likeness (QED) is 0.252. The fourth-order valence-electron chi connectivity index (χ4n) is 9.44. The number of benzene rings is 2. The highest BCUT2D eigenvalue weighted by Crippen LogP contribution is 2.46. The molecule has 3 aliphatic heterocycles. The molecule has 4 aromatic rings. The second-order valence-corrected chi connectivity index (χ2v) is 18.7. The molecule has 56 heavy (non-hydrogen) atoms. The molecule has 2 fully saturated rings. The van der Waals surface area contributed by atoms with Crippen LogP contribution in [0.25, 0.3) is 11.0 Å². The number of morpholine rings is 1. The minimum atomic E-state index is -3.46. The highest BCUT2D eigenvalue weighted by atomic mass is 32.2. The van der Waals surface area contributed by atoms with E-state index in [2.05, 4.69) is 44.2 Å². The van der Waals surface area contributed by atoms with E-state index in [-0.39, 0.29) is 28.9 Å². The van der Waals surface area contributed by atoms with Gasteiger partial charge in [-0.3, -0.25) is 14.2 Å². The summed E-state index contributed by atoms with van der Waals surface area (Å²) in [7, 11) is -1.66. The fraction of sp³-hybridized carbons (Fsp3) is 0.524. The molecule has 2 aliphatic carbocycles. The van der Waals surface area contributed by atoms with E-state index in [1.807, 2.05) is 36.1 Å². The molecular formula is C42H52N8O5S. The lowest BCUT2D eigenvalue weighted by molar-refractivity contribution is 0.0456. The van der Waals surface area contributed by atoms with E-state index in [0.29, 0.717) is 67.7 Å². The Morgan fingerprint density at radius 2 is 1.93 bits per heavy atom. The Labute approximate surface area is 328 Å². The molecule has 0 radical (unpaired) electrons. The molecule has 13 nitrogen and oxygen atoms in total. The largest absolute Gasteiger partial charge is 0.490 e. The number of aliphatic hydroxyl groups excluding tert-OH is 1. The van der Waals surface area contributed by atoms with Crippen LogP contribution >= 0.6 is 0 Å². The van der Waals surface area contributed by atoms with Gasteiger partial charge in [0.05, 0.1) is 42.8 Å². The van der Waals surface area contributed by atoms with Gasteiger partial charge in [-0.25, -0.2) is 4.21 Å². The Balaban J connectivity index is 1.13. The van der Waals surface area contributed by atoms with Crippen LogP contribution in [-0.4, -0.2) is 92.8 Å². The zero-order chi connectivity index (χ0) is 38.6. The van der Waals surface area contributed by atoms with E-state index in [4.69, 9.17) is 19.4 Å². The first-order valence-electron chi connectivity index (χ1n) is 20.1. The molecule has 1 saturated heterocycles. The predicted octanol–water partition coefficient (Wildman–Crippen LogP) is 5.60. The average molecular weight is 781 g/mol. The van der Waals surface area contributed by atoms with Gasteiger partial charge in [-0.2, -0.15) is 15.1 Å². The molecule has 5 heterocycles. The van der Waals surface area contributed by atoms with Crippen LogP contribution in [0.4, 0.5) is 17.5 Å². The molecule has 2 aromatic heterocycles. The van der Waals surface area contributed by atoms with Gasteiger partial charge < -0.3 is 24.4 Å². The maximum Gasteiger partial charge on any atom is 0.286 e. The number of rotatable bonds is 3. The lowest BCUT2D eigenvalue weighted by Crippen LogP contribution is -2.49. The topological polar surface area (TPSA) is 147 Å². The Kier molecular flexibility index (Phi) is 9.77. The molecular weight excluding hydrogens is 729 g/mol. The smallest absolute Gasteiger partial charge is 0.286 e. The number of carbonyl (C=O) groups is 1. The maximum absolute atomic E-state index is 15.2. The molecule has 2 N–H and O–H groups in total. The third-order valence-corrected chi connectivity index (χ3v) is 14.5. The van der Waals surface area contributed by atoms with E-state index < -0.39 is 21.9 Å². The second-order valence-electron chi connectivity index (χ2n) is 16.7. The number of allylic oxidation sites excluding steroid dienone is 1. The number of aliphatic hydroxyl groups is 1. The van der Waals surface area contributed by atoms with Crippen molar-refractivity contribution in [1.82, 2.24) is 19.7 Å². The van der Waals surface area contributed by atoms with Gasteiger partial charge in [0, 0.05) is 50.4 Å². The number of amides is 1. The number of carbonyl (C=O) groups excluding carboxylic acids is 1. The fourth-order valence-corrected chi connectivity index (χ4v) is 11.4. The number of nitrogens with one attached hydrogen (secondary N) is 1. The molecule has 1 unspecified atom stereocenters. The summed E-state index contributed by atoms with van der Waals surface area (Å²) in [4.78, 5) is 28.4. The first-order chi connectivity index (χ1) is 27.0. The van der Waals surface area contributed by atoms with Crippen molar-refractivity contribution < 1.29 is 23.6 Å². The van der Waals surface area contributed by atoms with Gasteiger partial charge in [-0.15, -0.1) is 4.36 Å². The van der Waals surface area contributed by atoms with E-state index in [1.54, 1.807) is 24.0 Å². The molecule has 2 bridgehead atoms. The van der Waals surface area contributed by atoms with Gasteiger partial charge in [0.1, 0.15) is 15.7 Å². The Hall–Kier alpha value is -4.53. The van der Waals surface area contributed by atoms with Crippen molar-refractivity contribution in [2.45, 2.75) is 63.9 Å². The summed E-state index contributed by atoms with van der Waals surface area (Å²) < 4.78 is 36.8. The molecule has 6 atom stereocenters. The van der Waals surface area contributed by atoms with Crippen LogP contribution in [0.3, 0.4) is 0 Å². The van der Waals surface area contributed by atoms with Gasteiger partial charge >= 0.3 is 0 Å². The summed E-state index contributed by atoms with van der Waals surface area (Å²) in [6.45, 7) is 8.46. The van der Waals surface area contributed by atoms with Crippen LogP contribution < -0.4 is 19.3 Å². The first-order valence-corrected chi connectivity index (χ1v) is 21.8. The van der Waals surface area contributed by atoms with Crippen LogP contribution in [0.5, 0.6) is 5.75 Å². The Bertz CT molecular complexity index is 2310. The molecule has 296 valence electrons. The number of fused-ring (bicyclic) bond motifs is 5. The summed E-state index contributed by atoms with van der Waals surface area (Å²) in [5.41, 5.74) is 5.40. The number of aryl methyl sites for hydroxylation is 3. The molecule has 1 amide bonds. The minimum absolute atomic E-state index is 0.0749. The third-order valence-electron chi connectivity index (χ3n) is 12.5. The molecule has 1 spiro atoms. The zero-order valence-electron chi connectivity index (χ0n) is 32.5. The average Bonchev–Trinajstić information content (AvgIpc) is 3.48. The number of aromatic nitrogens is 4. The van der Waals surface area contributed by atoms with Crippen LogP contribution in [0.15, 0.2) is 59.1 Å². The molecule has 9 rings (SSSR count). The SMILES string of the molecule is Cc1ccc2c(c1)CCC[C@]21COc2ccc3cc2N(C[C@@H]2CC[C@H]2[C@@H](O)/C=C/C[C@H](C)CS(=O)(Nc2nc(N4CCOCC4)nc4nn(C)cc24)=NC3=O)C1. The number of hydrogen-bond donors (Lipinski definition) is 2. The first kappa shape index (κ1) is 37.1. The number of hydrogen-bond acceptors (Lipinski definition) is 10. The molecule has 1 saturated carbocycles. The third kappa shape index (κ3) is 7.15. The van der Waals surface area contributed by atoms with Crippen molar-refractivity contribution in [3.8, 4) is 5.75 Å². The van der Waals surface area contributed by atoms with Gasteiger partial charge in [-0.1, -0.05) is 42.8 Å². The standard InChI is InChI=1S/C42H52N8O5S/c1-27-9-13-34-29(20-27)7-5-15-42(34)25-50-22-31-10-12-32(31)36(51)8-4-6-28(2)24-56(53,47-40(52)30-11-14-37(55-26-42)35(50)21-30)46-39-33-23-48(3)45-38(33)43-41(44-39)49-16-18-54-19-17-49/h4,8-9,11,13-14,20-21,23,28,31-32,36,51H,5-7,10,12,15-19,22,24-26H2,1-3H3,(H,43,44,45,46,47,52,53)/b8-4+/t28-,31-,32+,36-,42-,56?/m0/s1. The Morgan fingerprint density at radius 3 is 2.75 bits per heavy atom. The van der Waals surface area contributed by atoms with Crippen molar-refractivity contribution >= 4 is 44.3 Å². The van der Waals surface area contributed by atoms with Crippen molar-refractivity contribution in [1.29, 1.82) is 0 Å². The molecule has 2 aromatic carbocycles. The summed E-state index contributed by atoms with van der Waals surface area (Å²) in [6, 6.07) is 12.3. The lowest BCUT2D eigenvalue weighted by atomic mass is 9.68. The van der Waals surface area contributed by atoms with Crippen molar-refractivity contribution in [2.24, 2.45) is 29.2 Å². The van der Waals surface area contributed by atoms with Crippen molar-refractivity contribution in [2.75, 3.05) is 66.3 Å². The Morgan fingerprint density at radius 1 is 1.07 bits per heavy atom. The van der Waals surface area contributed by atoms with Crippen molar-refractivity contribution in [3.63, 3.8) is 0 Å². The van der Waals surface area contributed by atoms with E-state index >= 15 is 4.21 Å². The minimum Gasteiger partial charge on any atom is -0.490 e. The maximum atomic E-state index is 15.2. The highest BCUT2D eigenvalue weighted by molar-refractivity contribution is 7.95. The predicted molar refractivity (Wildman–Crippen MR) is 218 cm³/mol. The van der Waals surface area contributed by atoms with Crippen molar-refractivity contribution in [3.05, 3.63) is 77.0 Å². The van der Waals surface area contributed by atoms with Gasteiger partial charge in [0.15, 0.2) is 11.5 Å². The van der Waals surface area contributed by atoms with E-state index in [9.17, 15) is 9.90 Å². The summed E-state index contributed by atoms with van der Waals surface area (Å²) in [6.07, 6.45) is 10.8. The van der Waals surface area contributed by atoms with Gasteiger partial charge in [0.25, 0.3) is 5.91 Å². The zero-order valence-corrected chi connectivity index (χ0v) is 33.3. The normalized spacial score (nSPS) is 30.0. The monoisotopic (exact) mass is 780 g/mol. The van der Waals surface area contributed by atoms with Crippen LogP contribution in [0, 0.1) is 24.7 Å². The van der Waals surface area contributed by atoms with Gasteiger partial charge in [0.2, 0.25) is 5.95 Å². The van der Waals surface area contributed by atoms with Crippen LogP contribution in [0.2, 0.25) is 0 Å². The summed E-state index contributed by atoms with van der Waals surface area (Å²) in [5.74, 6) is 1.26.